The maximum atomic E-state index is 13.9. The van der Waals surface area contributed by atoms with E-state index in [-0.39, 0.29) is 5.56 Å². The van der Waals surface area contributed by atoms with Gasteiger partial charge in [0.2, 0.25) is 0 Å². The van der Waals surface area contributed by atoms with Crippen LogP contribution in [0.5, 0.6) is 5.75 Å². The second-order valence-electron chi connectivity index (χ2n) is 4.62. The molecule has 0 radical (unpaired) electrons. The Morgan fingerprint density at radius 2 is 1.85 bits per heavy atom. The van der Waals surface area contributed by atoms with Crippen molar-refractivity contribution in [3.8, 4) is 5.75 Å². The number of benzene rings is 2. The first kappa shape index (κ1) is 14.5. The number of nitrogens with one attached hydrogen (secondary N) is 1. The summed E-state index contributed by atoms with van der Waals surface area (Å²) in [5.74, 6) is -0.175. The highest BCUT2D eigenvalue weighted by Gasteiger charge is 2.18. The molecule has 20 heavy (non-hydrogen) atoms. The van der Waals surface area contributed by atoms with Crippen molar-refractivity contribution in [1.29, 1.82) is 0 Å². The highest BCUT2D eigenvalue weighted by molar-refractivity contribution is 5.41. The monoisotopic (exact) mass is 277 g/mol. The van der Waals surface area contributed by atoms with E-state index in [0.29, 0.717) is 0 Å². The van der Waals surface area contributed by atoms with Crippen LogP contribution >= 0.6 is 0 Å². The average molecular weight is 277 g/mol. The molecule has 0 saturated carbocycles. The molecule has 106 valence electrons. The van der Waals surface area contributed by atoms with Gasteiger partial charge in [0.15, 0.2) is 0 Å². The summed E-state index contributed by atoms with van der Waals surface area (Å²) in [5, 5.41) is 3.01. The van der Waals surface area contributed by atoms with Crippen molar-refractivity contribution in [2.75, 3.05) is 14.2 Å². The van der Waals surface area contributed by atoms with Gasteiger partial charge >= 0.3 is 0 Å². The minimum Gasteiger partial charge on any atom is -0.496 e. The predicted octanol–water partition coefficient (Wildman–Crippen LogP) is 3.59. The minimum atomic E-state index is -0.458. The van der Waals surface area contributed by atoms with Crippen molar-refractivity contribution in [3.63, 3.8) is 0 Å². The minimum absolute atomic E-state index is 0.276. The van der Waals surface area contributed by atoms with Gasteiger partial charge in [0.1, 0.15) is 17.4 Å². The number of methoxy groups -OCH3 is 1. The van der Waals surface area contributed by atoms with E-state index in [0.717, 1.165) is 29.0 Å². The molecular weight excluding hydrogens is 260 g/mol. The Hall–Kier alpha value is -1.94. The molecule has 2 aromatic rings. The summed E-state index contributed by atoms with van der Waals surface area (Å²) >= 11 is 0. The van der Waals surface area contributed by atoms with Gasteiger partial charge in [-0.2, -0.15) is 0 Å². The first-order chi connectivity index (χ1) is 9.56. The number of rotatable bonds is 4. The summed E-state index contributed by atoms with van der Waals surface area (Å²) in [6, 6.07) is 8.64. The molecule has 0 fully saturated rings. The molecular formula is C16H17F2NO. The second kappa shape index (κ2) is 6.01. The Balaban J connectivity index is 2.49. The molecule has 0 spiro atoms. The molecule has 2 aromatic carbocycles. The fourth-order valence-electron chi connectivity index (χ4n) is 2.25. The molecule has 0 bridgehead atoms. The summed E-state index contributed by atoms with van der Waals surface area (Å²) in [6.07, 6.45) is 0. The lowest BCUT2D eigenvalue weighted by Crippen LogP contribution is -2.19. The van der Waals surface area contributed by atoms with Crippen LogP contribution < -0.4 is 10.1 Å². The van der Waals surface area contributed by atoms with Crippen molar-refractivity contribution in [3.05, 3.63) is 64.7 Å². The van der Waals surface area contributed by atoms with Crippen molar-refractivity contribution < 1.29 is 13.5 Å². The van der Waals surface area contributed by atoms with Crippen molar-refractivity contribution >= 4 is 0 Å². The van der Waals surface area contributed by atoms with Crippen LogP contribution in [0.4, 0.5) is 8.78 Å². The highest BCUT2D eigenvalue weighted by Crippen LogP contribution is 2.29. The number of hydrogen-bond donors (Lipinski definition) is 1. The molecule has 4 heteroatoms. The quantitative estimate of drug-likeness (QED) is 0.922. The standard InChI is InChI=1S/C16H17F2NO/c1-10-4-5-11(8-15(10)20-3)16(19-2)13-9-12(17)6-7-14(13)18/h4-9,16,19H,1-3H3. The molecule has 0 aromatic heterocycles. The normalized spacial score (nSPS) is 12.2. The Kier molecular flexibility index (Phi) is 4.35. The van der Waals surface area contributed by atoms with Crippen LogP contribution in [0.25, 0.3) is 0 Å². The van der Waals surface area contributed by atoms with E-state index in [9.17, 15) is 8.78 Å². The number of ether oxygens (including phenoxy) is 1. The fourth-order valence-corrected chi connectivity index (χ4v) is 2.25. The number of aryl methyl sites for hydroxylation is 1. The van der Waals surface area contributed by atoms with E-state index in [1.54, 1.807) is 14.2 Å². The highest BCUT2D eigenvalue weighted by atomic mass is 19.1. The zero-order valence-electron chi connectivity index (χ0n) is 11.7. The Morgan fingerprint density at radius 3 is 2.50 bits per heavy atom. The molecule has 2 nitrogen and oxygen atoms in total. The molecule has 0 aliphatic rings. The number of halogens is 2. The van der Waals surface area contributed by atoms with Crippen molar-refractivity contribution in [2.24, 2.45) is 0 Å². The predicted molar refractivity (Wildman–Crippen MR) is 75.0 cm³/mol. The van der Waals surface area contributed by atoms with E-state index >= 15 is 0 Å². The lowest BCUT2D eigenvalue weighted by Gasteiger charge is -2.19. The first-order valence-corrected chi connectivity index (χ1v) is 6.33. The summed E-state index contributed by atoms with van der Waals surface area (Å²) in [7, 11) is 3.30. The lowest BCUT2D eigenvalue weighted by atomic mass is 9.97. The van der Waals surface area contributed by atoms with Gasteiger partial charge in [0, 0.05) is 5.56 Å². The van der Waals surface area contributed by atoms with Crippen LogP contribution in [-0.2, 0) is 0 Å². The maximum absolute atomic E-state index is 13.9. The van der Waals surface area contributed by atoms with Gasteiger partial charge in [-0.15, -0.1) is 0 Å². The second-order valence-corrected chi connectivity index (χ2v) is 4.62. The Morgan fingerprint density at radius 1 is 1.10 bits per heavy atom. The Labute approximate surface area is 117 Å². The third-order valence-electron chi connectivity index (χ3n) is 3.32. The molecule has 0 aliphatic carbocycles. The molecule has 1 atom stereocenters. The zero-order valence-corrected chi connectivity index (χ0v) is 11.7. The third kappa shape index (κ3) is 2.80. The molecule has 0 aliphatic heterocycles. The van der Waals surface area contributed by atoms with Crippen LogP contribution in [-0.4, -0.2) is 14.2 Å². The molecule has 1 unspecified atom stereocenters. The van der Waals surface area contributed by atoms with Gasteiger partial charge in [-0.3, -0.25) is 0 Å². The van der Waals surface area contributed by atoms with Gasteiger partial charge in [-0.05, 0) is 49.4 Å². The summed E-state index contributed by atoms with van der Waals surface area (Å²) in [4.78, 5) is 0. The largest absolute Gasteiger partial charge is 0.496 e. The van der Waals surface area contributed by atoms with Gasteiger partial charge in [-0.1, -0.05) is 12.1 Å². The van der Waals surface area contributed by atoms with Gasteiger partial charge in [-0.25, -0.2) is 8.78 Å². The summed E-state index contributed by atoms with van der Waals surface area (Å²) < 4.78 is 32.5. The SMILES string of the molecule is CNC(c1ccc(C)c(OC)c1)c1cc(F)ccc1F. The molecule has 2 rings (SSSR count). The van der Waals surface area contributed by atoms with E-state index < -0.39 is 17.7 Å². The van der Waals surface area contributed by atoms with E-state index in [1.807, 2.05) is 25.1 Å². The molecule has 0 heterocycles. The molecule has 0 saturated heterocycles. The summed E-state index contributed by atoms with van der Waals surface area (Å²) in [5.41, 5.74) is 2.09. The smallest absolute Gasteiger partial charge is 0.128 e. The third-order valence-corrected chi connectivity index (χ3v) is 3.32. The van der Waals surface area contributed by atoms with Crippen molar-refractivity contribution in [2.45, 2.75) is 13.0 Å². The van der Waals surface area contributed by atoms with Crippen LogP contribution in [0.2, 0.25) is 0 Å². The van der Waals surface area contributed by atoms with Gasteiger partial charge in [0.25, 0.3) is 0 Å². The first-order valence-electron chi connectivity index (χ1n) is 6.33. The van der Waals surface area contributed by atoms with E-state index in [2.05, 4.69) is 5.32 Å². The Bertz CT molecular complexity index is 613. The van der Waals surface area contributed by atoms with Crippen LogP contribution in [0.3, 0.4) is 0 Å². The van der Waals surface area contributed by atoms with Gasteiger partial charge in [0.05, 0.1) is 13.2 Å². The van der Waals surface area contributed by atoms with Crippen molar-refractivity contribution in [1.82, 2.24) is 5.32 Å². The zero-order chi connectivity index (χ0) is 14.7. The van der Waals surface area contributed by atoms with E-state index in [4.69, 9.17) is 4.74 Å². The van der Waals surface area contributed by atoms with Crippen LogP contribution in [0.15, 0.2) is 36.4 Å². The molecule has 1 N–H and O–H groups in total. The number of hydrogen-bond acceptors (Lipinski definition) is 2. The van der Waals surface area contributed by atoms with E-state index in [1.165, 1.54) is 6.07 Å². The van der Waals surface area contributed by atoms with Crippen LogP contribution in [0, 0.1) is 18.6 Å². The van der Waals surface area contributed by atoms with Crippen LogP contribution in [0.1, 0.15) is 22.7 Å². The lowest BCUT2D eigenvalue weighted by molar-refractivity contribution is 0.410. The topological polar surface area (TPSA) is 21.3 Å². The fraction of sp³-hybridized carbons (Fsp3) is 0.250. The molecule has 0 amide bonds. The average Bonchev–Trinajstić information content (AvgIpc) is 2.45. The maximum Gasteiger partial charge on any atom is 0.128 e. The summed E-state index contributed by atoms with van der Waals surface area (Å²) in [6.45, 7) is 1.93. The van der Waals surface area contributed by atoms with Gasteiger partial charge < -0.3 is 10.1 Å².